The first kappa shape index (κ1) is 14.9. The molecule has 0 saturated heterocycles. The van der Waals surface area contributed by atoms with E-state index in [-0.39, 0.29) is 11.6 Å². The van der Waals surface area contributed by atoms with Crippen molar-refractivity contribution in [1.82, 2.24) is 15.3 Å². The van der Waals surface area contributed by atoms with E-state index in [0.29, 0.717) is 17.9 Å². The molecule has 0 bridgehead atoms. The first-order valence-corrected chi connectivity index (χ1v) is 7.32. The van der Waals surface area contributed by atoms with Crippen LogP contribution >= 0.6 is 15.9 Å². The van der Waals surface area contributed by atoms with Crippen molar-refractivity contribution >= 4 is 15.9 Å². The highest BCUT2D eigenvalue weighted by atomic mass is 79.9. The monoisotopic (exact) mass is 335 g/mol. The van der Waals surface area contributed by atoms with Crippen LogP contribution in [0.4, 0.5) is 0 Å². The average Bonchev–Trinajstić information content (AvgIpc) is 2.37. The van der Waals surface area contributed by atoms with Crippen molar-refractivity contribution in [2.75, 3.05) is 0 Å². The lowest BCUT2D eigenvalue weighted by molar-refractivity contribution is 0.562. The molecular weight excluding hydrogens is 318 g/mol. The van der Waals surface area contributed by atoms with Gasteiger partial charge in [0.05, 0.1) is 5.56 Å². The third-order valence-electron chi connectivity index (χ3n) is 3.22. The molecule has 106 valence electrons. The van der Waals surface area contributed by atoms with E-state index in [0.717, 1.165) is 10.2 Å². The Morgan fingerprint density at radius 1 is 1.30 bits per heavy atom. The molecule has 1 aromatic carbocycles. The van der Waals surface area contributed by atoms with E-state index < -0.39 is 0 Å². The first-order chi connectivity index (χ1) is 9.47. The van der Waals surface area contributed by atoms with E-state index in [1.165, 1.54) is 5.56 Å². The van der Waals surface area contributed by atoms with Crippen molar-refractivity contribution in [3.8, 4) is 0 Å². The molecule has 2 aromatic rings. The normalized spacial score (nSPS) is 12.4. The third kappa shape index (κ3) is 3.55. The molecule has 2 N–H and O–H groups in total. The zero-order chi connectivity index (χ0) is 14.7. The van der Waals surface area contributed by atoms with E-state index in [1.807, 2.05) is 38.1 Å². The topological polar surface area (TPSA) is 57.8 Å². The maximum Gasteiger partial charge on any atom is 0.255 e. The van der Waals surface area contributed by atoms with Gasteiger partial charge in [0.15, 0.2) is 0 Å². The number of halogens is 1. The second kappa shape index (κ2) is 6.33. The zero-order valence-corrected chi connectivity index (χ0v) is 13.4. The minimum atomic E-state index is -0.0641. The lowest BCUT2D eigenvalue weighted by Gasteiger charge is -2.15. The van der Waals surface area contributed by atoms with Crippen LogP contribution in [0.25, 0.3) is 0 Å². The molecule has 0 spiro atoms. The Morgan fingerprint density at radius 2 is 1.95 bits per heavy atom. The number of hydrogen-bond acceptors (Lipinski definition) is 3. The molecule has 0 radical (unpaired) electrons. The Labute approximate surface area is 126 Å². The summed E-state index contributed by atoms with van der Waals surface area (Å²) in [6.07, 6.45) is 0. The summed E-state index contributed by atoms with van der Waals surface area (Å²) in [5.41, 5.74) is 2.59. The van der Waals surface area contributed by atoms with Crippen molar-refractivity contribution in [3.63, 3.8) is 0 Å². The Balaban J connectivity index is 2.11. The second-order valence-corrected chi connectivity index (χ2v) is 5.80. The largest absolute Gasteiger partial charge is 0.310 e. The zero-order valence-electron chi connectivity index (χ0n) is 11.8. The minimum absolute atomic E-state index is 0.0458. The van der Waals surface area contributed by atoms with Gasteiger partial charge < -0.3 is 10.3 Å². The summed E-state index contributed by atoms with van der Waals surface area (Å²) in [5.74, 6) is 0.649. The molecule has 0 aliphatic heterocycles. The van der Waals surface area contributed by atoms with Crippen LogP contribution in [0.3, 0.4) is 0 Å². The van der Waals surface area contributed by atoms with Crippen LogP contribution < -0.4 is 10.9 Å². The number of nitrogens with one attached hydrogen (secondary N) is 2. The molecule has 1 atom stereocenters. The van der Waals surface area contributed by atoms with E-state index in [1.54, 1.807) is 6.92 Å². The van der Waals surface area contributed by atoms with Crippen molar-refractivity contribution in [2.45, 2.75) is 33.4 Å². The van der Waals surface area contributed by atoms with Gasteiger partial charge in [0.2, 0.25) is 0 Å². The molecule has 0 fully saturated rings. The number of H-pyrrole nitrogens is 1. The maximum absolute atomic E-state index is 12.0. The molecule has 0 amide bonds. The Hall–Kier alpha value is -1.46. The summed E-state index contributed by atoms with van der Waals surface area (Å²) < 4.78 is 1.06. The Kier molecular flexibility index (Phi) is 4.73. The van der Waals surface area contributed by atoms with Crippen molar-refractivity contribution < 1.29 is 0 Å². The number of benzene rings is 1. The number of hydrogen-bond donors (Lipinski definition) is 2. The fraction of sp³-hybridized carbons (Fsp3) is 0.333. The highest BCUT2D eigenvalue weighted by Crippen LogP contribution is 2.14. The molecule has 1 unspecified atom stereocenters. The highest BCUT2D eigenvalue weighted by Gasteiger charge is 2.14. The van der Waals surface area contributed by atoms with E-state index in [4.69, 9.17) is 0 Å². The van der Waals surface area contributed by atoms with Crippen LogP contribution in [-0.2, 0) is 6.54 Å². The lowest BCUT2D eigenvalue weighted by Crippen LogP contribution is -2.27. The van der Waals surface area contributed by atoms with Crippen LogP contribution in [0.15, 0.2) is 33.5 Å². The standard InChI is InChI=1S/C15H18BrN3O/c1-9(14-10(2)18-11(3)19-15(14)20)17-8-12-4-6-13(16)7-5-12/h4-7,9,17H,8H2,1-3H3,(H,18,19,20). The van der Waals surface area contributed by atoms with E-state index in [9.17, 15) is 4.79 Å². The summed E-state index contributed by atoms with van der Waals surface area (Å²) in [6, 6.07) is 8.07. The third-order valence-corrected chi connectivity index (χ3v) is 3.75. The molecule has 2 rings (SSSR count). The maximum atomic E-state index is 12.0. The molecule has 1 heterocycles. The number of aromatic amines is 1. The summed E-state index contributed by atoms with van der Waals surface area (Å²) >= 11 is 3.41. The summed E-state index contributed by atoms with van der Waals surface area (Å²) in [6.45, 7) is 6.35. The van der Waals surface area contributed by atoms with Crippen LogP contribution in [0.5, 0.6) is 0 Å². The van der Waals surface area contributed by atoms with Gasteiger partial charge in [0.1, 0.15) is 5.82 Å². The Bertz CT molecular complexity index is 649. The lowest BCUT2D eigenvalue weighted by atomic mass is 10.1. The number of rotatable bonds is 4. The summed E-state index contributed by atoms with van der Waals surface area (Å²) in [5, 5.41) is 3.36. The fourth-order valence-electron chi connectivity index (χ4n) is 2.22. The van der Waals surface area contributed by atoms with Gasteiger partial charge in [-0.05, 0) is 38.5 Å². The van der Waals surface area contributed by atoms with Crippen LogP contribution in [0.2, 0.25) is 0 Å². The van der Waals surface area contributed by atoms with Crippen molar-refractivity contribution in [2.24, 2.45) is 0 Å². The molecule has 0 saturated carbocycles. The van der Waals surface area contributed by atoms with Crippen LogP contribution in [-0.4, -0.2) is 9.97 Å². The average molecular weight is 336 g/mol. The number of aromatic nitrogens is 2. The quantitative estimate of drug-likeness (QED) is 0.902. The van der Waals surface area contributed by atoms with Gasteiger partial charge >= 0.3 is 0 Å². The van der Waals surface area contributed by atoms with Gasteiger partial charge in [-0.2, -0.15) is 0 Å². The Morgan fingerprint density at radius 3 is 2.55 bits per heavy atom. The van der Waals surface area contributed by atoms with Crippen molar-refractivity contribution in [1.29, 1.82) is 0 Å². The minimum Gasteiger partial charge on any atom is -0.310 e. The van der Waals surface area contributed by atoms with Crippen molar-refractivity contribution in [3.05, 3.63) is 61.7 Å². The summed E-state index contributed by atoms with van der Waals surface area (Å²) in [4.78, 5) is 19.1. The smallest absolute Gasteiger partial charge is 0.255 e. The molecule has 0 aliphatic rings. The highest BCUT2D eigenvalue weighted by molar-refractivity contribution is 9.10. The van der Waals surface area contributed by atoms with Crippen LogP contribution in [0, 0.1) is 13.8 Å². The predicted octanol–water partition coefficient (Wildman–Crippen LogP) is 3.00. The molecule has 5 heteroatoms. The molecule has 4 nitrogen and oxygen atoms in total. The van der Waals surface area contributed by atoms with Gasteiger partial charge in [-0.3, -0.25) is 4.79 Å². The predicted molar refractivity (Wildman–Crippen MR) is 83.7 cm³/mol. The molecule has 1 aromatic heterocycles. The van der Waals surface area contributed by atoms with Gasteiger partial charge in [0.25, 0.3) is 5.56 Å². The van der Waals surface area contributed by atoms with Crippen LogP contribution in [0.1, 0.15) is 35.6 Å². The van der Waals surface area contributed by atoms with E-state index in [2.05, 4.69) is 31.2 Å². The van der Waals surface area contributed by atoms with Gasteiger partial charge in [-0.1, -0.05) is 28.1 Å². The SMILES string of the molecule is Cc1nc(C)c(C(C)NCc2ccc(Br)cc2)c(=O)[nH]1. The van der Waals surface area contributed by atoms with Gasteiger partial charge in [-0.25, -0.2) is 4.98 Å². The van der Waals surface area contributed by atoms with Gasteiger partial charge in [-0.15, -0.1) is 0 Å². The fourth-order valence-corrected chi connectivity index (χ4v) is 2.49. The second-order valence-electron chi connectivity index (χ2n) is 4.88. The molecule has 0 aliphatic carbocycles. The number of aryl methyl sites for hydroxylation is 2. The number of nitrogens with zero attached hydrogens (tertiary/aromatic N) is 1. The molecule has 20 heavy (non-hydrogen) atoms. The van der Waals surface area contributed by atoms with Gasteiger partial charge in [0, 0.05) is 22.8 Å². The molecular formula is C15H18BrN3O. The summed E-state index contributed by atoms with van der Waals surface area (Å²) in [7, 11) is 0. The van der Waals surface area contributed by atoms with E-state index >= 15 is 0 Å². The first-order valence-electron chi connectivity index (χ1n) is 6.52.